The number of hydrogen-bond acceptors (Lipinski definition) is 3. The summed E-state index contributed by atoms with van der Waals surface area (Å²) < 4.78 is 5.52. The predicted molar refractivity (Wildman–Crippen MR) is 75.3 cm³/mol. The summed E-state index contributed by atoms with van der Waals surface area (Å²) in [5.74, 6) is 2.32. The normalized spacial score (nSPS) is 18.6. The maximum absolute atomic E-state index is 5.52. The fraction of sp³-hybridized carbons (Fsp3) is 0.600. The van der Waals surface area contributed by atoms with E-state index in [0.717, 1.165) is 31.3 Å². The molecule has 3 heteroatoms. The maximum Gasteiger partial charge on any atom is 0.122 e. The Morgan fingerprint density at radius 2 is 2.06 bits per heavy atom. The summed E-state index contributed by atoms with van der Waals surface area (Å²) in [4.78, 5) is 0. The van der Waals surface area contributed by atoms with Gasteiger partial charge in [0.1, 0.15) is 5.75 Å². The van der Waals surface area contributed by atoms with Crippen molar-refractivity contribution < 1.29 is 4.74 Å². The van der Waals surface area contributed by atoms with Crippen molar-refractivity contribution in [3.8, 4) is 5.75 Å². The van der Waals surface area contributed by atoms with Gasteiger partial charge in [0, 0.05) is 12.5 Å². The summed E-state index contributed by atoms with van der Waals surface area (Å²) in [5.41, 5.74) is 1.35. The molecule has 1 aromatic rings. The number of rotatable bonds is 5. The van der Waals surface area contributed by atoms with Gasteiger partial charge in [0.25, 0.3) is 0 Å². The molecule has 100 valence electrons. The molecule has 1 atom stereocenters. The summed E-state index contributed by atoms with van der Waals surface area (Å²) in [6.45, 7) is 3.30. The van der Waals surface area contributed by atoms with Gasteiger partial charge in [-0.2, -0.15) is 0 Å². The largest absolute Gasteiger partial charge is 0.496 e. The van der Waals surface area contributed by atoms with Crippen LogP contribution in [0.2, 0.25) is 0 Å². The molecule has 0 aromatic heterocycles. The molecule has 0 amide bonds. The van der Waals surface area contributed by atoms with Crippen LogP contribution in [0.4, 0.5) is 0 Å². The molecular formula is C15H24N2O. The summed E-state index contributed by atoms with van der Waals surface area (Å²) in [5, 5.41) is 6.78. The van der Waals surface area contributed by atoms with Crippen LogP contribution in [0, 0.1) is 5.92 Å². The molecule has 2 rings (SSSR count). The van der Waals surface area contributed by atoms with Crippen LogP contribution in [0.25, 0.3) is 0 Å². The summed E-state index contributed by atoms with van der Waals surface area (Å²) in [6.07, 6.45) is 2.51. The van der Waals surface area contributed by atoms with Crippen LogP contribution in [0.5, 0.6) is 5.75 Å². The molecule has 1 aromatic carbocycles. The van der Waals surface area contributed by atoms with Crippen LogP contribution in [0.15, 0.2) is 24.3 Å². The molecule has 0 spiro atoms. The molecule has 1 heterocycles. The molecule has 0 aliphatic carbocycles. The average molecular weight is 248 g/mol. The molecule has 2 N–H and O–H groups in total. The number of para-hydroxylation sites is 1. The number of likely N-dealkylation sites (N-methyl/N-ethyl adjacent to an activating group) is 1. The number of hydrogen-bond donors (Lipinski definition) is 2. The van der Waals surface area contributed by atoms with Crippen molar-refractivity contribution in [3.05, 3.63) is 29.8 Å². The maximum atomic E-state index is 5.52. The first-order valence-corrected chi connectivity index (χ1v) is 6.85. The Bertz CT molecular complexity index is 361. The van der Waals surface area contributed by atoms with E-state index in [2.05, 4.69) is 28.8 Å². The van der Waals surface area contributed by atoms with Crippen LogP contribution in [0.3, 0.4) is 0 Å². The van der Waals surface area contributed by atoms with E-state index in [1.807, 2.05) is 13.1 Å². The van der Waals surface area contributed by atoms with Gasteiger partial charge in [-0.25, -0.2) is 0 Å². The molecule has 3 nitrogen and oxygen atoms in total. The Morgan fingerprint density at radius 3 is 2.72 bits per heavy atom. The minimum atomic E-state index is 0.549. The quantitative estimate of drug-likeness (QED) is 0.836. The number of piperidine rings is 1. The molecule has 18 heavy (non-hydrogen) atoms. The summed E-state index contributed by atoms with van der Waals surface area (Å²) in [6, 6.07) is 8.44. The third-order valence-electron chi connectivity index (χ3n) is 3.92. The molecule has 1 unspecified atom stereocenters. The molecule has 1 fully saturated rings. The zero-order valence-corrected chi connectivity index (χ0v) is 11.4. The number of nitrogens with one attached hydrogen (secondary N) is 2. The number of ether oxygens (including phenoxy) is 1. The zero-order chi connectivity index (χ0) is 12.8. The highest BCUT2D eigenvalue weighted by atomic mass is 16.5. The van der Waals surface area contributed by atoms with Crippen molar-refractivity contribution in [2.75, 3.05) is 33.8 Å². The van der Waals surface area contributed by atoms with Gasteiger partial charge in [0.2, 0.25) is 0 Å². The van der Waals surface area contributed by atoms with Gasteiger partial charge < -0.3 is 15.4 Å². The second kappa shape index (κ2) is 6.76. The topological polar surface area (TPSA) is 33.3 Å². The molecular weight excluding hydrogens is 224 g/mol. The van der Waals surface area contributed by atoms with Crippen molar-refractivity contribution in [3.63, 3.8) is 0 Å². The van der Waals surface area contributed by atoms with Gasteiger partial charge in [-0.3, -0.25) is 0 Å². The van der Waals surface area contributed by atoms with E-state index in [1.54, 1.807) is 7.11 Å². The van der Waals surface area contributed by atoms with Crippen LogP contribution in [-0.4, -0.2) is 33.8 Å². The van der Waals surface area contributed by atoms with E-state index in [1.165, 1.54) is 18.4 Å². The second-order valence-electron chi connectivity index (χ2n) is 4.99. The highest BCUT2D eigenvalue weighted by molar-refractivity contribution is 5.37. The van der Waals surface area contributed by atoms with Crippen molar-refractivity contribution in [1.82, 2.24) is 10.6 Å². The zero-order valence-electron chi connectivity index (χ0n) is 11.4. The van der Waals surface area contributed by atoms with Crippen molar-refractivity contribution in [2.45, 2.75) is 18.8 Å². The van der Waals surface area contributed by atoms with Crippen molar-refractivity contribution >= 4 is 0 Å². The third-order valence-corrected chi connectivity index (χ3v) is 3.92. The second-order valence-corrected chi connectivity index (χ2v) is 4.99. The highest BCUT2D eigenvalue weighted by Crippen LogP contribution is 2.35. The fourth-order valence-corrected chi connectivity index (χ4v) is 2.97. The molecule has 1 aliphatic heterocycles. The van der Waals surface area contributed by atoms with Crippen molar-refractivity contribution in [2.24, 2.45) is 5.92 Å². The van der Waals surface area contributed by atoms with Crippen LogP contribution < -0.4 is 15.4 Å². The number of benzene rings is 1. The van der Waals surface area contributed by atoms with Gasteiger partial charge in [-0.1, -0.05) is 18.2 Å². The molecule has 0 bridgehead atoms. The standard InChI is InChI=1S/C15H24N2O/c1-16-11-14(12-7-9-17-10-8-12)13-5-3-4-6-15(13)18-2/h3-6,12,14,16-17H,7-11H2,1-2H3. The van der Waals surface area contributed by atoms with Crippen LogP contribution in [0.1, 0.15) is 24.3 Å². The van der Waals surface area contributed by atoms with Gasteiger partial charge in [0.15, 0.2) is 0 Å². The van der Waals surface area contributed by atoms with Gasteiger partial charge >= 0.3 is 0 Å². The Labute approximate surface area is 110 Å². The van der Waals surface area contributed by atoms with Crippen molar-refractivity contribution in [1.29, 1.82) is 0 Å². The van der Waals surface area contributed by atoms with Crippen LogP contribution in [-0.2, 0) is 0 Å². The van der Waals surface area contributed by atoms with Crippen LogP contribution >= 0.6 is 0 Å². The Kier molecular flexibility index (Phi) is 5.02. The average Bonchev–Trinajstić information content (AvgIpc) is 2.46. The minimum Gasteiger partial charge on any atom is -0.496 e. The van der Waals surface area contributed by atoms with Gasteiger partial charge in [0.05, 0.1) is 7.11 Å². The molecule has 0 saturated carbocycles. The van der Waals surface area contributed by atoms with E-state index in [0.29, 0.717) is 5.92 Å². The third kappa shape index (κ3) is 3.03. The first-order valence-electron chi connectivity index (χ1n) is 6.85. The molecule has 0 radical (unpaired) electrons. The lowest BCUT2D eigenvalue weighted by Crippen LogP contribution is -2.34. The van der Waals surface area contributed by atoms with E-state index in [-0.39, 0.29) is 0 Å². The van der Waals surface area contributed by atoms with E-state index < -0.39 is 0 Å². The summed E-state index contributed by atoms with van der Waals surface area (Å²) in [7, 11) is 3.79. The van der Waals surface area contributed by atoms with Gasteiger partial charge in [-0.15, -0.1) is 0 Å². The van der Waals surface area contributed by atoms with E-state index in [4.69, 9.17) is 4.74 Å². The molecule has 1 saturated heterocycles. The lowest BCUT2D eigenvalue weighted by molar-refractivity contribution is 0.305. The lowest BCUT2D eigenvalue weighted by atomic mass is 9.80. The molecule has 1 aliphatic rings. The van der Waals surface area contributed by atoms with E-state index >= 15 is 0 Å². The highest BCUT2D eigenvalue weighted by Gasteiger charge is 2.26. The SMILES string of the molecule is CNCC(c1ccccc1OC)C1CCNCC1. The van der Waals surface area contributed by atoms with E-state index in [9.17, 15) is 0 Å². The lowest BCUT2D eigenvalue weighted by Gasteiger charge is -2.31. The monoisotopic (exact) mass is 248 g/mol. The summed E-state index contributed by atoms with van der Waals surface area (Å²) >= 11 is 0. The predicted octanol–water partition coefficient (Wildman–Crippen LogP) is 2.00. The smallest absolute Gasteiger partial charge is 0.122 e. The first kappa shape index (κ1) is 13.4. The first-order chi connectivity index (χ1) is 8.86. The Morgan fingerprint density at radius 1 is 1.33 bits per heavy atom. The Balaban J connectivity index is 2.22. The Hall–Kier alpha value is -1.06. The fourth-order valence-electron chi connectivity index (χ4n) is 2.97. The van der Waals surface area contributed by atoms with Gasteiger partial charge in [-0.05, 0) is 50.5 Å². The minimum absolute atomic E-state index is 0.549. The number of methoxy groups -OCH3 is 1.